The third kappa shape index (κ3) is 4.07. The molecule has 174 valence electrons. The van der Waals surface area contributed by atoms with Crippen LogP contribution in [0.5, 0.6) is 0 Å². The molecule has 0 bridgehead atoms. The van der Waals surface area contributed by atoms with Crippen molar-refractivity contribution in [1.29, 1.82) is 0 Å². The zero-order chi connectivity index (χ0) is 23.7. The quantitative estimate of drug-likeness (QED) is 0.458. The molecule has 0 aliphatic carbocycles. The highest BCUT2D eigenvalue weighted by Crippen LogP contribution is 2.27. The van der Waals surface area contributed by atoms with Crippen LogP contribution in [0.15, 0.2) is 74.7 Å². The van der Waals surface area contributed by atoms with Gasteiger partial charge in [-0.1, -0.05) is 42.5 Å². The van der Waals surface area contributed by atoms with Crippen LogP contribution >= 0.6 is 0 Å². The summed E-state index contributed by atoms with van der Waals surface area (Å²) in [7, 11) is 0. The van der Waals surface area contributed by atoms with Crippen molar-refractivity contribution in [3.05, 3.63) is 98.5 Å². The largest absolute Gasteiger partial charge is 0.451 e. The fourth-order valence-corrected chi connectivity index (χ4v) is 4.62. The first kappa shape index (κ1) is 21.9. The van der Waals surface area contributed by atoms with Crippen LogP contribution in [0.4, 0.5) is 0 Å². The lowest BCUT2D eigenvalue weighted by Crippen LogP contribution is -2.39. The third-order valence-corrected chi connectivity index (χ3v) is 6.44. The maximum absolute atomic E-state index is 13.0. The number of carbonyl (C=O) groups is 1. The Morgan fingerprint density at radius 1 is 1.03 bits per heavy atom. The van der Waals surface area contributed by atoms with E-state index in [1.807, 2.05) is 37.3 Å². The van der Waals surface area contributed by atoms with Crippen molar-refractivity contribution in [3.63, 3.8) is 0 Å². The fraction of sp³-hybridized carbons (Fsp3) is 0.308. The minimum atomic E-state index is -0.288. The van der Waals surface area contributed by atoms with Gasteiger partial charge in [0.15, 0.2) is 11.2 Å². The van der Waals surface area contributed by atoms with E-state index in [-0.39, 0.29) is 28.7 Å². The first-order valence-electron chi connectivity index (χ1n) is 11.6. The van der Waals surface area contributed by atoms with Crippen LogP contribution in [0.3, 0.4) is 0 Å². The second kappa shape index (κ2) is 9.13. The molecule has 3 heterocycles. The third-order valence-electron chi connectivity index (χ3n) is 6.44. The Balaban J connectivity index is 1.32. The first-order chi connectivity index (χ1) is 16.5. The van der Waals surface area contributed by atoms with Gasteiger partial charge >= 0.3 is 5.69 Å². The van der Waals surface area contributed by atoms with Crippen molar-refractivity contribution in [2.45, 2.75) is 38.8 Å². The molecule has 34 heavy (non-hydrogen) atoms. The Kier molecular flexibility index (Phi) is 5.88. The summed E-state index contributed by atoms with van der Waals surface area (Å²) in [5.74, 6) is 0.619. The molecular formula is C26H26N4O4. The number of piperidine rings is 1. The molecule has 1 amide bonds. The Bertz CT molecular complexity index is 1440. The van der Waals surface area contributed by atoms with Crippen LogP contribution < -0.4 is 11.1 Å². The van der Waals surface area contributed by atoms with Crippen molar-refractivity contribution in [3.8, 4) is 0 Å². The maximum atomic E-state index is 13.0. The number of nitrogens with zero attached hydrogens (tertiary/aromatic N) is 4. The van der Waals surface area contributed by atoms with Gasteiger partial charge in [0.1, 0.15) is 11.4 Å². The summed E-state index contributed by atoms with van der Waals surface area (Å²) in [5.41, 5.74) is 1.09. The molecule has 8 nitrogen and oxygen atoms in total. The van der Waals surface area contributed by atoms with Gasteiger partial charge in [-0.05, 0) is 37.5 Å². The average molecular weight is 459 g/mol. The van der Waals surface area contributed by atoms with E-state index in [9.17, 15) is 14.4 Å². The van der Waals surface area contributed by atoms with Gasteiger partial charge in [-0.2, -0.15) is 5.10 Å². The van der Waals surface area contributed by atoms with E-state index in [0.717, 1.165) is 11.4 Å². The Morgan fingerprint density at radius 3 is 2.47 bits per heavy atom. The highest BCUT2D eigenvalue weighted by atomic mass is 16.3. The molecule has 0 atom stereocenters. The summed E-state index contributed by atoms with van der Waals surface area (Å²) in [5, 5.41) is 5.14. The molecule has 2 aromatic heterocycles. The van der Waals surface area contributed by atoms with Crippen molar-refractivity contribution >= 4 is 16.9 Å². The van der Waals surface area contributed by atoms with E-state index in [1.165, 1.54) is 10.7 Å². The van der Waals surface area contributed by atoms with Crippen molar-refractivity contribution in [2.24, 2.45) is 0 Å². The second-order valence-corrected chi connectivity index (χ2v) is 8.57. The van der Waals surface area contributed by atoms with E-state index in [4.69, 9.17) is 4.42 Å². The van der Waals surface area contributed by atoms with E-state index in [0.29, 0.717) is 50.0 Å². The lowest BCUT2D eigenvalue weighted by atomic mass is 9.95. The highest BCUT2D eigenvalue weighted by molar-refractivity contribution is 5.93. The molecule has 0 radical (unpaired) electrons. The molecule has 2 aromatic carbocycles. The number of amides is 1. The van der Waals surface area contributed by atoms with Gasteiger partial charge in [-0.3, -0.25) is 14.2 Å². The van der Waals surface area contributed by atoms with Crippen LogP contribution in [-0.2, 0) is 13.1 Å². The van der Waals surface area contributed by atoms with Gasteiger partial charge in [0.2, 0.25) is 0 Å². The summed E-state index contributed by atoms with van der Waals surface area (Å²) in [6.07, 6.45) is 1.37. The van der Waals surface area contributed by atoms with Gasteiger partial charge in [0.25, 0.3) is 5.91 Å². The molecule has 1 aliphatic heterocycles. The van der Waals surface area contributed by atoms with Gasteiger partial charge in [0, 0.05) is 31.6 Å². The summed E-state index contributed by atoms with van der Waals surface area (Å²) >= 11 is 0. The number of carbonyl (C=O) groups excluding carboxylic acids is 1. The van der Waals surface area contributed by atoms with Gasteiger partial charge in [-0.15, -0.1) is 0 Å². The van der Waals surface area contributed by atoms with E-state index >= 15 is 0 Å². The number of likely N-dealkylation sites (tertiary alicyclic amines) is 1. The van der Waals surface area contributed by atoms with Crippen LogP contribution in [0.1, 0.15) is 47.6 Å². The summed E-state index contributed by atoms with van der Waals surface area (Å²) in [6.45, 7) is 3.93. The molecular weight excluding hydrogens is 432 g/mol. The maximum Gasteiger partial charge on any atom is 0.346 e. The topological polar surface area (TPSA) is 90.3 Å². The van der Waals surface area contributed by atoms with Crippen molar-refractivity contribution in [1.82, 2.24) is 19.2 Å². The summed E-state index contributed by atoms with van der Waals surface area (Å²) in [6, 6.07) is 18.0. The molecule has 8 heteroatoms. The lowest BCUT2D eigenvalue weighted by Gasteiger charge is -2.31. The number of fused-ring (bicyclic) bond motifs is 1. The molecule has 5 rings (SSSR count). The van der Waals surface area contributed by atoms with Crippen LogP contribution in [0.25, 0.3) is 11.0 Å². The second-order valence-electron chi connectivity index (χ2n) is 8.57. The number of hydrogen-bond acceptors (Lipinski definition) is 5. The number of benzene rings is 2. The van der Waals surface area contributed by atoms with Crippen molar-refractivity contribution < 1.29 is 9.21 Å². The smallest absolute Gasteiger partial charge is 0.346 e. The van der Waals surface area contributed by atoms with Crippen molar-refractivity contribution in [2.75, 3.05) is 13.1 Å². The molecule has 4 aromatic rings. The standard InChI is InChI=1S/C26H26N4O4/c1-2-29-24(27-30(26(29)33)17-18-8-4-3-5-9-18)19-12-14-28(15-13-19)25(32)23-16-21(31)20-10-6-7-11-22(20)34-23/h3-11,16,19H,2,12-15,17H2,1H3. The number of para-hydroxylation sites is 1. The summed E-state index contributed by atoms with van der Waals surface area (Å²) < 4.78 is 8.98. The zero-order valence-electron chi connectivity index (χ0n) is 19.0. The fourth-order valence-electron chi connectivity index (χ4n) is 4.62. The van der Waals surface area contributed by atoms with Crippen LogP contribution in [-0.4, -0.2) is 38.2 Å². The number of aromatic nitrogens is 3. The Labute approximate surface area is 196 Å². The van der Waals surface area contributed by atoms with Crippen LogP contribution in [0.2, 0.25) is 0 Å². The predicted molar refractivity (Wildman–Crippen MR) is 128 cm³/mol. The molecule has 0 saturated carbocycles. The Morgan fingerprint density at radius 2 is 1.74 bits per heavy atom. The van der Waals surface area contributed by atoms with E-state index in [2.05, 4.69) is 5.10 Å². The van der Waals surface area contributed by atoms with Gasteiger partial charge in [0.05, 0.1) is 11.9 Å². The Hall–Kier alpha value is -3.94. The SMILES string of the molecule is CCn1c(C2CCN(C(=O)c3cc(=O)c4ccccc4o3)CC2)nn(Cc2ccccc2)c1=O. The van der Waals surface area contributed by atoms with Crippen LogP contribution in [0, 0.1) is 0 Å². The monoisotopic (exact) mass is 458 g/mol. The zero-order valence-corrected chi connectivity index (χ0v) is 19.0. The predicted octanol–water partition coefficient (Wildman–Crippen LogP) is 3.24. The van der Waals surface area contributed by atoms with Gasteiger partial charge < -0.3 is 9.32 Å². The normalized spacial score (nSPS) is 14.6. The average Bonchev–Trinajstić information content (AvgIpc) is 3.19. The number of hydrogen-bond donors (Lipinski definition) is 0. The highest BCUT2D eigenvalue weighted by Gasteiger charge is 2.30. The van der Waals surface area contributed by atoms with Gasteiger partial charge in [-0.25, -0.2) is 9.48 Å². The van der Waals surface area contributed by atoms with E-state index < -0.39 is 0 Å². The minimum absolute atomic E-state index is 0.0553. The minimum Gasteiger partial charge on any atom is -0.451 e. The molecule has 0 spiro atoms. The van der Waals surface area contributed by atoms with E-state index in [1.54, 1.807) is 33.7 Å². The molecule has 1 saturated heterocycles. The lowest BCUT2D eigenvalue weighted by molar-refractivity contribution is 0.0678. The molecule has 1 aliphatic rings. The first-order valence-corrected chi connectivity index (χ1v) is 11.6. The molecule has 0 N–H and O–H groups in total. The summed E-state index contributed by atoms with van der Waals surface area (Å²) in [4.78, 5) is 40.1. The number of rotatable bonds is 5. The molecule has 0 unspecified atom stereocenters. The molecule has 1 fully saturated rings.